The van der Waals surface area contributed by atoms with E-state index in [1.54, 1.807) is 0 Å². The van der Waals surface area contributed by atoms with Gasteiger partial charge in [0.15, 0.2) is 0 Å². The highest BCUT2D eigenvalue weighted by molar-refractivity contribution is 5.85. The zero-order chi connectivity index (χ0) is 7.15. The van der Waals surface area contributed by atoms with Gasteiger partial charge in [-0.05, 0) is 0 Å². The molecule has 56 valence electrons. The molecule has 0 fully saturated rings. The van der Waals surface area contributed by atoms with Gasteiger partial charge in [-0.25, -0.2) is 0 Å². The molecular weight excluding hydrogens is 146 g/mol. The fourth-order valence-electron chi connectivity index (χ4n) is 0. The van der Waals surface area contributed by atoms with Crippen LogP contribution in [-0.4, -0.2) is 17.0 Å². The lowest BCUT2D eigenvalue weighted by atomic mass is 10.8. The highest BCUT2D eigenvalue weighted by atomic mass is 35.5. The summed E-state index contributed by atoms with van der Waals surface area (Å²) in [5.74, 6) is -1.17. The van der Waals surface area contributed by atoms with Crippen molar-refractivity contribution in [3.05, 3.63) is 0 Å². The number of halogens is 1. The maximum absolute atomic E-state index is 9.22. The summed E-state index contributed by atoms with van der Waals surface area (Å²) in [5.41, 5.74) is 4.47. The van der Waals surface area contributed by atoms with Gasteiger partial charge < -0.3 is 10.8 Å². The van der Waals surface area contributed by atoms with Crippen molar-refractivity contribution < 1.29 is 14.7 Å². The Morgan fingerprint density at radius 3 is 1.33 bits per heavy atom. The number of carbonyl (C=O) groups excluding carboxylic acids is 1. The van der Waals surface area contributed by atoms with E-state index in [0.29, 0.717) is 0 Å². The van der Waals surface area contributed by atoms with Crippen LogP contribution in [0.2, 0.25) is 0 Å². The molecule has 0 aromatic heterocycles. The largest absolute Gasteiger partial charge is 0.481 e. The van der Waals surface area contributed by atoms with Crippen LogP contribution < -0.4 is 5.73 Å². The molecule has 0 atom stereocenters. The maximum atomic E-state index is 9.22. The molecule has 0 aliphatic heterocycles. The van der Waals surface area contributed by atoms with Crippen LogP contribution in [0, 0.1) is 0 Å². The van der Waals surface area contributed by atoms with Gasteiger partial charge in [0, 0.05) is 13.8 Å². The molecule has 0 aliphatic carbocycles. The molecule has 1 amide bonds. The van der Waals surface area contributed by atoms with Crippen LogP contribution in [0.4, 0.5) is 0 Å². The lowest BCUT2D eigenvalue weighted by Gasteiger charge is -1.60. The topological polar surface area (TPSA) is 80.4 Å². The number of carboxylic acid groups (broad SMARTS) is 1. The summed E-state index contributed by atoms with van der Waals surface area (Å²) in [4.78, 5) is 18.2. The van der Waals surface area contributed by atoms with Crippen LogP contribution in [0.15, 0.2) is 0 Å². The fraction of sp³-hybridized carbons (Fsp3) is 0.500. The minimum absolute atomic E-state index is 0. The van der Waals surface area contributed by atoms with E-state index in [1.807, 2.05) is 0 Å². The summed E-state index contributed by atoms with van der Waals surface area (Å²) < 4.78 is 0. The molecule has 0 saturated heterocycles. The summed E-state index contributed by atoms with van der Waals surface area (Å²) in [7, 11) is 0. The van der Waals surface area contributed by atoms with Crippen molar-refractivity contribution in [3.8, 4) is 0 Å². The van der Waals surface area contributed by atoms with Gasteiger partial charge in [0.1, 0.15) is 0 Å². The number of hydrogen-bond acceptors (Lipinski definition) is 2. The Hall–Kier alpha value is -0.770. The number of carboxylic acids is 1. The Morgan fingerprint density at radius 1 is 1.33 bits per heavy atom. The van der Waals surface area contributed by atoms with Crippen molar-refractivity contribution >= 4 is 24.3 Å². The molecule has 3 N–H and O–H groups in total. The SMILES string of the molecule is CC(=O)O.CC(N)=O.Cl. The van der Waals surface area contributed by atoms with Gasteiger partial charge >= 0.3 is 0 Å². The molecule has 0 spiro atoms. The van der Waals surface area contributed by atoms with Crippen LogP contribution in [0.5, 0.6) is 0 Å². The van der Waals surface area contributed by atoms with Crippen LogP contribution in [0.1, 0.15) is 13.8 Å². The number of carbonyl (C=O) groups is 2. The fourth-order valence-corrected chi connectivity index (χ4v) is 0. The molecule has 0 aromatic rings. The molecule has 0 radical (unpaired) electrons. The second-order valence-electron chi connectivity index (χ2n) is 1.13. The van der Waals surface area contributed by atoms with Gasteiger partial charge in [0.2, 0.25) is 5.91 Å². The van der Waals surface area contributed by atoms with E-state index in [1.165, 1.54) is 6.92 Å². The van der Waals surface area contributed by atoms with Crippen LogP contribution in [0.25, 0.3) is 0 Å². The molecule has 0 rings (SSSR count). The normalized spacial score (nSPS) is 5.56. The van der Waals surface area contributed by atoms with Crippen molar-refractivity contribution in [3.63, 3.8) is 0 Å². The second-order valence-corrected chi connectivity index (χ2v) is 1.13. The highest BCUT2D eigenvalue weighted by Gasteiger charge is 1.65. The van der Waals surface area contributed by atoms with E-state index in [2.05, 4.69) is 5.73 Å². The minimum Gasteiger partial charge on any atom is -0.481 e. The zero-order valence-electron chi connectivity index (χ0n) is 5.25. The smallest absolute Gasteiger partial charge is 0.300 e. The first-order valence-electron chi connectivity index (χ1n) is 1.92. The Morgan fingerprint density at radius 2 is 1.33 bits per heavy atom. The van der Waals surface area contributed by atoms with Gasteiger partial charge in [-0.3, -0.25) is 9.59 Å². The summed E-state index contributed by atoms with van der Waals surface area (Å²) in [5, 5.41) is 7.42. The van der Waals surface area contributed by atoms with Crippen LogP contribution in [0.3, 0.4) is 0 Å². The van der Waals surface area contributed by atoms with E-state index in [9.17, 15) is 4.79 Å². The highest BCUT2D eigenvalue weighted by Crippen LogP contribution is 1.42. The third-order valence-electron chi connectivity index (χ3n) is 0. The van der Waals surface area contributed by atoms with Gasteiger partial charge in [0.05, 0.1) is 0 Å². The van der Waals surface area contributed by atoms with E-state index in [-0.39, 0.29) is 18.3 Å². The third kappa shape index (κ3) is 334. The number of primary amides is 1. The van der Waals surface area contributed by atoms with Crippen molar-refractivity contribution in [2.45, 2.75) is 13.8 Å². The first kappa shape index (κ1) is 15.7. The third-order valence-corrected chi connectivity index (χ3v) is 0. The summed E-state index contributed by atoms with van der Waals surface area (Å²) >= 11 is 0. The number of amides is 1. The van der Waals surface area contributed by atoms with Gasteiger partial charge in [0.25, 0.3) is 5.97 Å². The van der Waals surface area contributed by atoms with E-state index in [4.69, 9.17) is 9.90 Å². The first-order chi connectivity index (χ1) is 3.46. The predicted octanol–water partition coefficient (Wildman–Crippen LogP) is 0.00430. The Balaban J connectivity index is -0.0000000720. The molecule has 0 saturated carbocycles. The van der Waals surface area contributed by atoms with Crippen molar-refractivity contribution in [1.82, 2.24) is 0 Å². The number of nitrogens with two attached hydrogens (primary N) is 1. The Bertz CT molecular complexity index is 73.8. The quantitative estimate of drug-likeness (QED) is 0.517. The van der Waals surface area contributed by atoms with Crippen LogP contribution >= 0.6 is 12.4 Å². The molecule has 4 nitrogen and oxygen atoms in total. The average molecular weight is 156 g/mol. The maximum Gasteiger partial charge on any atom is 0.300 e. The van der Waals surface area contributed by atoms with E-state index in [0.717, 1.165) is 6.92 Å². The van der Waals surface area contributed by atoms with Crippen molar-refractivity contribution in [1.29, 1.82) is 0 Å². The number of rotatable bonds is 0. The first-order valence-corrected chi connectivity index (χ1v) is 1.92. The average Bonchev–Trinajstić information content (AvgIpc) is 1.25. The van der Waals surface area contributed by atoms with Gasteiger partial charge in [-0.1, -0.05) is 0 Å². The lowest BCUT2D eigenvalue weighted by Crippen LogP contribution is -2.01. The molecule has 0 aliphatic rings. The summed E-state index contributed by atoms with van der Waals surface area (Å²) in [6.45, 7) is 2.39. The van der Waals surface area contributed by atoms with Gasteiger partial charge in [-0.15, -0.1) is 12.4 Å². The standard InChI is InChI=1S/C2H5NO.C2H4O2.ClH/c2*1-2(3)4;/h1H3,(H2,3,4);1H3,(H,3,4);1H. The van der Waals surface area contributed by atoms with E-state index < -0.39 is 5.97 Å². The molecule has 0 aromatic carbocycles. The molecule has 0 heterocycles. The molecular formula is C4H10ClNO3. The number of hydrogen-bond donors (Lipinski definition) is 2. The van der Waals surface area contributed by atoms with E-state index >= 15 is 0 Å². The predicted molar refractivity (Wildman–Crippen MR) is 35.4 cm³/mol. The molecule has 0 unspecified atom stereocenters. The van der Waals surface area contributed by atoms with Gasteiger partial charge in [-0.2, -0.15) is 0 Å². The monoisotopic (exact) mass is 155 g/mol. The second kappa shape index (κ2) is 10.3. The molecule has 5 heteroatoms. The molecule has 0 bridgehead atoms. The van der Waals surface area contributed by atoms with Crippen molar-refractivity contribution in [2.24, 2.45) is 5.73 Å². The molecule has 9 heavy (non-hydrogen) atoms. The van der Waals surface area contributed by atoms with Crippen LogP contribution in [-0.2, 0) is 9.59 Å². The Labute approximate surface area is 59.5 Å². The lowest BCUT2D eigenvalue weighted by molar-refractivity contribution is -0.134. The minimum atomic E-state index is -0.833. The zero-order valence-corrected chi connectivity index (χ0v) is 6.07. The summed E-state index contributed by atoms with van der Waals surface area (Å²) in [6.07, 6.45) is 0. The summed E-state index contributed by atoms with van der Waals surface area (Å²) in [6, 6.07) is 0. The number of aliphatic carboxylic acids is 1. The van der Waals surface area contributed by atoms with Crippen molar-refractivity contribution in [2.75, 3.05) is 0 Å². The Kier molecular flexibility index (Phi) is 17.9.